The Morgan fingerprint density at radius 3 is 2.13 bits per heavy atom. The fourth-order valence-electron chi connectivity index (χ4n) is 1.78. The number of alkyl halides is 3. The minimum Gasteiger partial charge on any atom is -0.491 e. The Kier molecular flexibility index (Phi) is 6.09. The van der Waals surface area contributed by atoms with Crippen LogP contribution in [0.5, 0.6) is 5.75 Å². The molecule has 0 spiro atoms. The molecule has 1 N–H and O–H groups in total. The molecule has 0 amide bonds. The molecule has 0 fully saturated rings. The van der Waals surface area contributed by atoms with Crippen molar-refractivity contribution in [2.75, 3.05) is 13.2 Å². The fraction of sp³-hybridized carbons (Fsp3) is 0.200. The van der Waals surface area contributed by atoms with Crippen LogP contribution in [0.2, 0.25) is 0 Å². The summed E-state index contributed by atoms with van der Waals surface area (Å²) in [6.07, 6.45) is -4.40. The van der Waals surface area contributed by atoms with Gasteiger partial charge in [0.2, 0.25) is 0 Å². The molecule has 0 atom stereocenters. The van der Waals surface area contributed by atoms with Gasteiger partial charge in [0.1, 0.15) is 12.4 Å². The van der Waals surface area contributed by atoms with Gasteiger partial charge >= 0.3 is 13.3 Å². The first-order valence-corrected chi connectivity index (χ1v) is 7.51. The maximum Gasteiger partial charge on any atom is 0.491 e. The number of halogens is 4. The molecule has 0 aliphatic heterocycles. The van der Waals surface area contributed by atoms with Crippen molar-refractivity contribution in [1.82, 2.24) is 0 Å². The van der Waals surface area contributed by atoms with Gasteiger partial charge in [0, 0.05) is 4.47 Å². The van der Waals surface area contributed by atoms with Crippen LogP contribution in [-0.4, -0.2) is 25.4 Å². The standard InChI is InChI=1S/C15H13BBrF3O3/c17-13-5-7-14(8-6-13)22-9-10-23-16(21)12-3-1-11(2-4-12)15(18,19)20/h1-8,21H,9-10H2. The van der Waals surface area contributed by atoms with E-state index in [-0.39, 0.29) is 18.7 Å². The van der Waals surface area contributed by atoms with Crippen LogP contribution in [0.25, 0.3) is 0 Å². The van der Waals surface area contributed by atoms with E-state index in [2.05, 4.69) is 15.9 Å². The Labute approximate surface area is 140 Å². The largest absolute Gasteiger partial charge is 0.491 e. The van der Waals surface area contributed by atoms with Gasteiger partial charge in [0.15, 0.2) is 0 Å². The third-order valence-corrected chi connectivity index (χ3v) is 3.49. The summed E-state index contributed by atoms with van der Waals surface area (Å²) >= 11 is 3.31. The molecule has 0 bridgehead atoms. The van der Waals surface area contributed by atoms with Crippen molar-refractivity contribution < 1.29 is 27.6 Å². The number of benzene rings is 2. The molecule has 0 aliphatic carbocycles. The molecule has 0 radical (unpaired) electrons. The molecule has 23 heavy (non-hydrogen) atoms. The van der Waals surface area contributed by atoms with Gasteiger partial charge in [-0.1, -0.05) is 40.2 Å². The summed E-state index contributed by atoms with van der Waals surface area (Å²) < 4.78 is 48.8. The van der Waals surface area contributed by atoms with Crippen molar-refractivity contribution >= 4 is 28.5 Å². The molecule has 0 unspecified atom stereocenters. The average Bonchev–Trinajstić information content (AvgIpc) is 2.52. The monoisotopic (exact) mass is 388 g/mol. The lowest BCUT2D eigenvalue weighted by atomic mass is 9.79. The number of hydrogen-bond donors (Lipinski definition) is 1. The first-order chi connectivity index (χ1) is 10.9. The second kappa shape index (κ2) is 7.85. The highest BCUT2D eigenvalue weighted by atomic mass is 79.9. The van der Waals surface area contributed by atoms with Crippen LogP contribution in [-0.2, 0) is 10.8 Å². The highest BCUT2D eigenvalue weighted by Gasteiger charge is 2.30. The minimum absolute atomic E-state index is 0.0955. The second-order valence-corrected chi connectivity index (χ2v) is 5.56. The predicted molar refractivity (Wildman–Crippen MR) is 84.6 cm³/mol. The van der Waals surface area contributed by atoms with Crippen LogP contribution >= 0.6 is 15.9 Å². The predicted octanol–water partition coefficient (Wildman–Crippen LogP) is 3.25. The zero-order chi connectivity index (χ0) is 16.9. The van der Waals surface area contributed by atoms with Crippen molar-refractivity contribution in [3.05, 3.63) is 58.6 Å². The molecule has 3 nitrogen and oxygen atoms in total. The smallest absolute Gasteiger partial charge is 0.491 e. The molecule has 2 aromatic carbocycles. The Morgan fingerprint density at radius 2 is 1.57 bits per heavy atom. The van der Waals surface area contributed by atoms with Gasteiger partial charge in [-0.15, -0.1) is 0 Å². The van der Waals surface area contributed by atoms with Gasteiger partial charge in [-0.3, -0.25) is 0 Å². The molecule has 0 saturated carbocycles. The van der Waals surface area contributed by atoms with Crippen molar-refractivity contribution in [3.63, 3.8) is 0 Å². The van der Waals surface area contributed by atoms with Crippen molar-refractivity contribution in [1.29, 1.82) is 0 Å². The van der Waals surface area contributed by atoms with Crippen LogP contribution in [0.3, 0.4) is 0 Å². The molecule has 0 aliphatic rings. The third kappa shape index (κ3) is 5.56. The molecule has 2 aromatic rings. The maximum absolute atomic E-state index is 12.4. The Morgan fingerprint density at radius 1 is 0.957 bits per heavy atom. The van der Waals surface area contributed by atoms with Crippen LogP contribution in [0, 0.1) is 0 Å². The normalized spacial score (nSPS) is 11.3. The summed E-state index contributed by atoms with van der Waals surface area (Å²) in [5, 5.41) is 9.78. The van der Waals surface area contributed by atoms with E-state index in [1.807, 2.05) is 12.1 Å². The Balaban J connectivity index is 1.78. The van der Waals surface area contributed by atoms with Gasteiger partial charge in [-0.25, -0.2) is 0 Å². The quantitative estimate of drug-likeness (QED) is 0.609. The number of ether oxygens (including phenoxy) is 1. The van der Waals surface area contributed by atoms with Gasteiger partial charge in [-0.2, -0.15) is 13.2 Å². The zero-order valence-corrected chi connectivity index (χ0v) is 13.5. The first kappa shape index (κ1) is 17.8. The van der Waals surface area contributed by atoms with Gasteiger partial charge < -0.3 is 14.4 Å². The van der Waals surface area contributed by atoms with E-state index in [1.165, 1.54) is 12.1 Å². The van der Waals surface area contributed by atoms with Crippen LogP contribution in [0.15, 0.2) is 53.0 Å². The summed E-state index contributed by atoms with van der Waals surface area (Å²) in [5.74, 6) is 0.654. The summed E-state index contributed by atoms with van der Waals surface area (Å²) in [4.78, 5) is 0. The van der Waals surface area contributed by atoms with Gasteiger partial charge in [-0.05, 0) is 29.7 Å². The summed E-state index contributed by atoms with van der Waals surface area (Å²) in [5.41, 5.74) is -0.520. The van der Waals surface area contributed by atoms with E-state index in [9.17, 15) is 18.2 Å². The summed E-state index contributed by atoms with van der Waals surface area (Å²) in [6, 6.07) is 11.4. The Bertz CT molecular complexity index is 617. The summed E-state index contributed by atoms with van der Waals surface area (Å²) in [7, 11) is -1.30. The zero-order valence-electron chi connectivity index (χ0n) is 11.9. The highest BCUT2D eigenvalue weighted by molar-refractivity contribution is 9.10. The van der Waals surface area contributed by atoms with Crippen molar-refractivity contribution in [3.8, 4) is 5.75 Å². The van der Waals surface area contributed by atoms with Crippen LogP contribution in [0.4, 0.5) is 13.2 Å². The molecule has 0 heterocycles. The molecular weight excluding hydrogens is 376 g/mol. The molecule has 0 saturated heterocycles. The van der Waals surface area contributed by atoms with Crippen LogP contribution < -0.4 is 10.2 Å². The van der Waals surface area contributed by atoms with E-state index < -0.39 is 18.9 Å². The molecular formula is C15H13BBrF3O3. The average molecular weight is 389 g/mol. The lowest BCUT2D eigenvalue weighted by Crippen LogP contribution is -2.35. The van der Waals surface area contributed by atoms with E-state index in [0.29, 0.717) is 5.75 Å². The topological polar surface area (TPSA) is 38.7 Å². The molecule has 122 valence electrons. The van der Waals surface area contributed by atoms with E-state index in [4.69, 9.17) is 9.39 Å². The highest BCUT2D eigenvalue weighted by Crippen LogP contribution is 2.28. The molecule has 2 rings (SSSR count). The SMILES string of the molecule is OB(OCCOc1ccc(Br)cc1)c1ccc(C(F)(F)F)cc1. The first-order valence-electron chi connectivity index (χ1n) is 6.71. The van der Waals surface area contributed by atoms with E-state index >= 15 is 0 Å². The number of hydrogen-bond acceptors (Lipinski definition) is 3. The molecule has 8 heteroatoms. The maximum atomic E-state index is 12.4. The van der Waals surface area contributed by atoms with E-state index in [1.54, 1.807) is 12.1 Å². The second-order valence-electron chi connectivity index (χ2n) is 4.65. The number of rotatable bonds is 6. The lowest BCUT2D eigenvalue weighted by molar-refractivity contribution is -0.137. The Hall–Kier alpha value is -1.51. The lowest BCUT2D eigenvalue weighted by Gasteiger charge is -2.11. The van der Waals surface area contributed by atoms with Gasteiger partial charge in [0.05, 0.1) is 12.2 Å². The fourth-order valence-corrected chi connectivity index (χ4v) is 2.05. The van der Waals surface area contributed by atoms with Crippen molar-refractivity contribution in [2.45, 2.75) is 6.18 Å². The van der Waals surface area contributed by atoms with Gasteiger partial charge in [0.25, 0.3) is 0 Å². The minimum atomic E-state index is -4.40. The van der Waals surface area contributed by atoms with Crippen molar-refractivity contribution in [2.24, 2.45) is 0 Å². The van der Waals surface area contributed by atoms with Crippen LogP contribution in [0.1, 0.15) is 5.56 Å². The van der Waals surface area contributed by atoms with E-state index in [0.717, 1.165) is 16.6 Å². The summed E-state index contributed by atoms with van der Waals surface area (Å²) in [6.45, 7) is 0.303. The third-order valence-electron chi connectivity index (χ3n) is 2.96. The molecule has 0 aromatic heterocycles.